The maximum absolute atomic E-state index is 15.5. The molecule has 0 amide bonds. The second-order valence-electron chi connectivity index (χ2n) is 29.3. The number of phosphoric ester groups is 2. The summed E-state index contributed by atoms with van der Waals surface area (Å²) in [5, 5.41) is 49.0. The molecular formula is C69H110ClF2MgN10O20P4S4+. The second-order valence-corrected chi connectivity index (χ2v) is 37.6. The van der Waals surface area contributed by atoms with Crippen LogP contribution in [0.15, 0.2) is 86.5 Å². The minimum absolute atomic E-state index is 0. The molecule has 0 radical (unpaired) electrons. The Hall–Kier alpha value is -3.42. The van der Waals surface area contributed by atoms with E-state index in [4.69, 9.17) is 57.9 Å². The zero-order valence-electron chi connectivity index (χ0n) is 69.5. The molecule has 10 atom stereocenters. The number of rotatable bonds is 28. The van der Waals surface area contributed by atoms with Crippen LogP contribution in [0.2, 0.25) is 0 Å². The number of nitro groups is 1. The number of thioether (sulfide) groups is 4. The van der Waals surface area contributed by atoms with Gasteiger partial charge in [-0.05, 0) is 66.0 Å². The zero-order valence-corrected chi connectivity index (χ0v) is 74.8. The van der Waals surface area contributed by atoms with Crippen LogP contribution in [0.25, 0.3) is 11.0 Å². The number of carbonyl (C=O) groups is 4. The Morgan fingerprint density at radius 1 is 0.712 bits per heavy atom. The van der Waals surface area contributed by atoms with Gasteiger partial charge in [-0.3, -0.25) is 56.6 Å². The van der Waals surface area contributed by atoms with Crippen molar-refractivity contribution in [2.45, 2.75) is 171 Å². The number of phosphoric acid groups is 2. The average molecular weight is 1750 g/mol. The monoisotopic (exact) mass is 1750 g/mol. The molecular weight excluding hydrogens is 1640 g/mol. The summed E-state index contributed by atoms with van der Waals surface area (Å²) in [7, 11) is -7.22. The molecule has 0 bridgehead atoms. The molecule has 0 saturated carbocycles. The summed E-state index contributed by atoms with van der Waals surface area (Å²) < 4.78 is 135. The van der Waals surface area contributed by atoms with Crippen LogP contribution in [0.1, 0.15) is 140 Å². The number of ether oxygens (including phenoxy) is 3. The summed E-state index contributed by atoms with van der Waals surface area (Å²) >= 11 is 4.12. The van der Waals surface area contributed by atoms with Crippen LogP contribution < -0.4 is 28.4 Å². The summed E-state index contributed by atoms with van der Waals surface area (Å²) in [5.74, 6) is 2.72. The fourth-order valence-corrected chi connectivity index (χ4v) is 15.4. The summed E-state index contributed by atoms with van der Waals surface area (Å²) in [6.07, 6.45) is -1.78. The molecule has 0 aliphatic carbocycles. The number of aliphatic hydroxyl groups excluding tert-OH is 3. The van der Waals surface area contributed by atoms with Crippen molar-refractivity contribution in [2.75, 3.05) is 87.8 Å². The molecule has 5 aromatic rings. The number of carbonyl (C=O) groups excluding carboxylic acids is 4. The number of nitro benzene ring substituents is 1. The molecule has 3 aliphatic heterocycles. The number of fused-ring (bicyclic) bond motifs is 2. The Morgan fingerprint density at radius 3 is 1.36 bits per heavy atom. The number of aromatic nitrogens is 6. The van der Waals surface area contributed by atoms with Gasteiger partial charge in [-0.25, -0.2) is 36.9 Å². The van der Waals surface area contributed by atoms with Crippen molar-refractivity contribution in [3.05, 3.63) is 114 Å². The maximum Gasteiger partial charge on any atom is 2.00 e. The van der Waals surface area contributed by atoms with E-state index in [1.54, 1.807) is 107 Å². The number of halogens is 3. The Kier molecular flexibility index (Phi) is 41.8. The SMILES string of the molecule is C=C[C@]1(CO)O[C@@H](c2ccc3c(N)ncnn23)[C@H](F)[C@@H]1O.C=C[C@]1(COP(=O)(OCCSC(=O)C(C)(C)C)OCCSC(=O)C(C)(C)C)O[C@@H](c2ccc3c(N)ncnn23)[C@H](F)[C@@H]1O.CC(C)(C)C(=O)SCCOP(=O)(OCCSC(=O)C(C)(C)C)Oc1ccc([N+](=O)[O-])cc1.CN(P)C1CCCO1.C[C-](C)C.[2H][P+]([2H])([2H])[2H].[Cl-].[Mg+2]. The predicted octanol–water partition coefficient (Wildman–Crippen LogP) is 9.38. The minimum Gasteiger partial charge on any atom is -1.00 e. The van der Waals surface area contributed by atoms with E-state index in [2.05, 4.69) is 63.5 Å². The van der Waals surface area contributed by atoms with E-state index in [9.17, 15) is 58.1 Å². The third kappa shape index (κ3) is 32.1. The molecule has 111 heavy (non-hydrogen) atoms. The zero-order chi connectivity index (χ0) is 86.1. The summed E-state index contributed by atoms with van der Waals surface area (Å²) in [4.78, 5) is 66.5. The third-order valence-electron chi connectivity index (χ3n) is 15.2. The van der Waals surface area contributed by atoms with Gasteiger partial charge in [0.2, 0.25) is 0 Å². The number of alkyl halides is 2. The molecule has 3 aliphatic rings. The summed E-state index contributed by atoms with van der Waals surface area (Å²) in [6.45, 7) is 34.1. The molecule has 3 saturated heterocycles. The number of anilines is 2. The topological polar surface area (TPSA) is 405 Å². The Morgan fingerprint density at radius 2 is 1.06 bits per heavy atom. The average Bonchev–Trinajstić information content (AvgIpc) is 1.61. The van der Waals surface area contributed by atoms with E-state index in [0.29, 0.717) is 23.0 Å². The Labute approximate surface area is 699 Å². The van der Waals surface area contributed by atoms with Crippen molar-refractivity contribution < 1.29 is 111 Å². The smallest absolute Gasteiger partial charge is 1.00 e. The third-order valence-corrected chi connectivity index (χ3v) is 23.4. The number of nitrogens with two attached hydrogens (primary N) is 2. The number of nitrogen functional groups attached to an aromatic ring is 2. The number of hydrogen-bond donors (Lipinski definition) is 5. The molecule has 8 rings (SSSR count). The predicted molar refractivity (Wildman–Crippen MR) is 439 cm³/mol. The van der Waals surface area contributed by atoms with Crippen molar-refractivity contribution in [1.82, 2.24) is 33.9 Å². The molecule has 7 heterocycles. The van der Waals surface area contributed by atoms with Gasteiger partial charge in [-0.15, -0.1) is 13.2 Å². The van der Waals surface area contributed by atoms with Gasteiger partial charge in [-0.2, -0.15) is 31.0 Å². The van der Waals surface area contributed by atoms with E-state index in [1.807, 2.05) is 11.7 Å². The van der Waals surface area contributed by atoms with Crippen molar-refractivity contribution in [1.29, 1.82) is 5.11 Å². The van der Waals surface area contributed by atoms with Crippen LogP contribution in [0.4, 0.5) is 26.1 Å². The number of nitrogens with zero attached hydrogens (tertiary/aromatic N) is 8. The van der Waals surface area contributed by atoms with Crippen molar-refractivity contribution in [2.24, 2.45) is 21.7 Å². The summed E-state index contributed by atoms with van der Waals surface area (Å²) in [5.41, 5.74) is 7.47. The maximum atomic E-state index is 15.5. The van der Waals surface area contributed by atoms with Gasteiger partial charge < -0.3 is 63.8 Å². The van der Waals surface area contributed by atoms with Crippen LogP contribution >= 0.6 is 81.8 Å². The van der Waals surface area contributed by atoms with Crippen LogP contribution in [0.5, 0.6) is 5.75 Å². The van der Waals surface area contributed by atoms with Crippen LogP contribution in [-0.2, 0) is 65.1 Å². The van der Waals surface area contributed by atoms with E-state index in [1.165, 1.54) is 76.9 Å². The number of hydrogen-bond acceptors (Lipinski definition) is 31. The van der Waals surface area contributed by atoms with Crippen molar-refractivity contribution in [3.8, 4) is 5.75 Å². The number of aliphatic hydroxyl groups is 3. The quantitative estimate of drug-likeness (QED) is 0.00591. The number of non-ortho nitro benzene ring substituents is 1. The first kappa shape index (κ1) is 98.2. The van der Waals surface area contributed by atoms with Gasteiger partial charge in [0.05, 0.1) is 56.0 Å². The molecule has 7 N–H and O–H groups in total. The standard InChI is InChI=1S/C27H40FN4O8PS2.C20H30NO8PS2.C13H15FN4O3.C5H12NOP.C4H9.ClH.Mg.H3P/c1-8-27(21(33)19(28)20(40-27)17-9-10-18-22(29)30-16-31-32(17)18)15-39-41(36,37-11-13-42-23(34)25(2,3)4)38-12-14-43-24(35)26(5,6)7;1-19(2,3)17(22)31-13-11-27-30(26,28-12-14-32-18(23)20(4,5)6)29-16-9-7-15(8-10-16)21(24)25;1-2-13(5-19)11(20)9(14)10(21-13)7-3-4-8-12(15)16-6-17-18(7)8;1-6(8)5-3-2-4-7-5;1-4(2)3;;;/h8-10,16,19-21,33H,1,11-15H2,2-7H3,(H2,29,30,31);7-10H,11-14H2,1-6H3;2-4,6,9-11,19-20H,1,5H2,(H2,15,16,17);5H,2-4,8H2,1H3;1-3H3;1H;;1H3/q;;;;-1;;+2;/t19-,20-,21-,27+;;9-,10-,11-,13+;;;;;/m0.0...../s1/i;;;;;;;1D3/hD. The first-order valence-electron chi connectivity index (χ1n) is 35.9. The first-order valence-corrected chi connectivity index (χ1v) is 41.5. The molecule has 3 fully saturated rings. The molecule has 2 unspecified atom stereocenters. The first-order chi connectivity index (χ1) is 52.2. The molecule has 1 aromatic carbocycles. The Bertz CT molecular complexity index is 3940. The van der Waals surface area contributed by atoms with Gasteiger partial charge in [0, 0.05) is 63.4 Å². The van der Waals surface area contributed by atoms with Gasteiger partial charge in [0.25, 0.3) is 10.8 Å². The fourth-order valence-electron chi connectivity index (χ4n) is 9.17. The molecule has 30 nitrogen and oxygen atoms in total. The minimum atomic E-state index is -4.35. The normalized spacial score (nSPS) is 21.7. The van der Waals surface area contributed by atoms with Crippen LogP contribution in [-0.4, -0.2) is 221 Å². The van der Waals surface area contributed by atoms with Gasteiger partial charge >= 0.3 is 38.7 Å². The van der Waals surface area contributed by atoms with Gasteiger partial charge in [-0.1, -0.05) is 152 Å². The van der Waals surface area contributed by atoms with Crippen molar-refractivity contribution in [3.63, 3.8) is 0 Å². The second kappa shape index (κ2) is 47.2. The van der Waals surface area contributed by atoms with E-state index >= 15 is 4.39 Å². The van der Waals surface area contributed by atoms with E-state index in [0.717, 1.165) is 53.7 Å². The van der Waals surface area contributed by atoms with Gasteiger partial charge in [0.15, 0.2) is 44.4 Å². The fraction of sp³-hybridized carbons (Fsp3) is 0.609. The van der Waals surface area contributed by atoms with E-state index in [-0.39, 0.29) is 134 Å². The Balaban J connectivity index is 0.000000801. The molecule has 622 valence electrons. The van der Waals surface area contributed by atoms with Crippen molar-refractivity contribution >= 4 is 154 Å². The molecule has 4 aromatic heterocycles. The summed E-state index contributed by atoms with van der Waals surface area (Å²) in [6, 6.07) is 11.4. The van der Waals surface area contributed by atoms with Gasteiger partial charge in [0.1, 0.15) is 71.3 Å². The number of benzene rings is 1. The largest absolute Gasteiger partial charge is 2.00 e. The van der Waals surface area contributed by atoms with Crippen LogP contribution in [0, 0.1) is 37.7 Å². The van der Waals surface area contributed by atoms with Crippen LogP contribution in [0.3, 0.4) is 0 Å². The molecule has 0 spiro atoms. The van der Waals surface area contributed by atoms with E-state index < -0.39 is 113 Å². The molecule has 42 heteroatoms.